The van der Waals surface area contributed by atoms with Gasteiger partial charge in [-0.15, -0.1) is 0 Å². The molecule has 8 nitrogen and oxygen atoms in total. The number of nitrogens with zero attached hydrogens (tertiary/aromatic N) is 2. The van der Waals surface area contributed by atoms with E-state index in [4.69, 9.17) is 0 Å². The van der Waals surface area contributed by atoms with E-state index in [1.54, 1.807) is 48.5 Å². The van der Waals surface area contributed by atoms with Crippen molar-refractivity contribution in [3.8, 4) is 0 Å². The molecule has 0 aliphatic rings. The summed E-state index contributed by atoms with van der Waals surface area (Å²) in [5.41, 5.74) is -0.445. The second-order valence-electron chi connectivity index (χ2n) is 5.57. The van der Waals surface area contributed by atoms with E-state index >= 15 is 0 Å². The van der Waals surface area contributed by atoms with Crippen molar-refractivity contribution in [1.29, 1.82) is 0 Å². The Kier molecular flexibility index (Phi) is 6.71. The van der Waals surface area contributed by atoms with Crippen molar-refractivity contribution in [2.24, 2.45) is 0 Å². The lowest BCUT2D eigenvalue weighted by molar-refractivity contribution is -0.155. The molecule has 0 amide bonds. The number of hydrogen-bond donors (Lipinski definition) is 4. The van der Waals surface area contributed by atoms with Crippen molar-refractivity contribution in [2.45, 2.75) is 33.1 Å². The van der Waals surface area contributed by atoms with Crippen LogP contribution in [0.1, 0.15) is 39.3 Å². The summed E-state index contributed by atoms with van der Waals surface area (Å²) in [6.45, 7) is 8.00. The summed E-state index contributed by atoms with van der Waals surface area (Å²) in [4.78, 5) is 38.2. The van der Waals surface area contributed by atoms with Crippen LogP contribution in [0.2, 0.25) is 0 Å². The highest BCUT2D eigenvalue weighted by Gasteiger charge is 2.55. The molecule has 4 rings (SSSR count). The van der Waals surface area contributed by atoms with Gasteiger partial charge in [0, 0.05) is 0 Å². The number of imidazole rings is 2. The second-order valence-corrected chi connectivity index (χ2v) is 5.57. The molecule has 0 unspecified atom stereocenters. The minimum Gasteiger partial charge on any atom is -0.480 e. The van der Waals surface area contributed by atoms with Gasteiger partial charge in [0.25, 0.3) is 5.41 Å². The number of aromatic amines is 2. The molecule has 29 heavy (non-hydrogen) atoms. The van der Waals surface area contributed by atoms with Crippen molar-refractivity contribution in [1.82, 2.24) is 19.9 Å². The number of hydrogen-bond acceptors (Lipinski definition) is 4. The maximum Gasteiger partial charge on any atom is 0.336 e. The first kappa shape index (κ1) is 21.6. The van der Waals surface area contributed by atoms with Crippen LogP contribution in [0.4, 0.5) is 0 Å². The van der Waals surface area contributed by atoms with Crippen molar-refractivity contribution in [3.05, 3.63) is 60.2 Å². The Balaban J connectivity index is 0.000000707. The Morgan fingerprint density at radius 3 is 1.38 bits per heavy atom. The van der Waals surface area contributed by atoms with E-state index < -0.39 is 17.4 Å². The number of nitrogens with one attached hydrogen (secondary N) is 2. The van der Waals surface area contributed by atoms with Crippen LogP contribution >= 0.6 is 0 Å². The molecule has 0 radical (unpaired) electrons. The van der Waals surface area contributed by atoms with Gasteiger partial charge in [0.2, 0.25) is 0 Å². The summed E-state index contributed by atoms with van der Waals surface area (Å²) in [6.07, 6.45) is 0. The standard InChI is InChI=1S/C17H12N4O4.2C2H6/c22-15(23)17(16(24)25,13-18-9-5-1-2-6-10(9)19-13)14-20-11-7-3-4-8-12(11)21-14;2*1-2/h1-8H,(H,18,19)(H,20,21)(H,22,23)(H,24,25);2*1-2H3. The number of carboxylic acid groups (broad SMARTS) is 2. The lowest BCUT2D eigenvalue weighted by Crippen LogP contribution is -2.46. The lowest BCUT2D eigenvalue weighted by Gasteiger charge is -2.20. The van der Waals surface area contributed by atoms with E-state index in [1.165, 1.54) is 0 Å². The summed E-state index contributed by atoms with van der Waals surface area (Å²) in [5, 5.41) is 19.7. The fourth-order valence-electron chi connectivity index (χ4n) is 2.87. The molecular weight excluding hydrogens is 372 g/mol. The molecule has 8 heteroatoms. The van der Waals surface area contributed by atoms with E-state index in [2.05, 4.69) is 19.9 Å². The molecule has 0 aliphatic heterocycles. The Morgan fingerprint density at radius 2 is 1.07 bits per heavy atom. The third-order valence-corrected chi connectivity index (χ3v) is 4.13. The van der Waals surface area contributed by atoms with Crippen LogP contribution in [0.3, 0.4) is 0 Å². The Bertz CT molecular complexity index is 974. The largest absolute Gasteiger partial charge is 0.480 e. The first-order valence-corrected chi connectivity index (χ1v) is 9.40. The molecule has 2 heterocycles. The topological polar surface area (TPSA) is 132 Å². The summed E-state index contributed by atoms with van der Waals surface area (Å²) >= 11 is 0. The van der Waals surface area contributed by atoms with Crippen LogP contribution in [0.25, 0.3) is 22.1 Å². The molecule has 0 saturated heterocycles. The number of rotatable bonds is 4. The number of carboxylic acids is 2. The van der Waals surface area contributed by atoms with Crippen LogP contribution in [-0.4, -0.2) is 42.1 Å². The van der Waals surface area contributed by atoms with Gasteiger partial charge >= 0.3 is 11.9 Å². The van der Waals surface area contributed by atoms with Gasteiger partial charge in [0.05, 0.1) is 22.1 Å². The summed E-state index contributed by atoms with van der Waals surface area (Å²) in [6, 6.07) is 13.7. The van der Waals surface area contributed by atoms with Gasteiger partial charge in [-0.1, -0.05) is 52.0 Å². The fourth-order valence-corrected chi connectivity index (χ4v) is 2.87. The minimum atomic E-state index is -2.47. The van der Waals surface area contributed by atoms with Crippen LogP contribution in [0.5, 0.6) is 0 Å². The van der Waals surface area contributed by atoms with E-state index in [0.717, 1.165) is 0 Å². The highest BCUT2D eigenvalue weighted by molar-refractivity contribution is 6.08. The van der Waals surface area contributed by atoms with Gasteiger partial charge in [-0.2, -0.15) is 0 Å². The maximum atomic E-state index is 12.1. The normalized spacial score (nSPS) is 10.6. The molecule has 4 aromatic rings. The van der Waals surface area contributed by atoms with Gasteiger partial charge in [0.15, 0.2) is 0 Å². The van der Waals surface area contributed by atoms with E-state index in [0.29, 0.717) is 22.1 Å². The molecule has 0 fully saturated rings. The first-order chi connectivity index (χ1) is 14.0. The fraction of sp³-hybridized carbons (Fsp3) is 0.238. The molecule has 4 N–H and O–H groups in total. The molecule has 2 aromatic heterocycles. The molecule has 0 bridgehead atoms. The predicted octanol–water partition coefficient (Wildman–Crippen LogP) is 3.95. The monoisotopic (exact) mass is 396 g/mol. The number of aliphatic carboxylic acids is 2. The predicted molar refractivity (Wildman–Crippen MR) is 111 cm³/mol. The lowest BCUT2D eigenvalue weighted by atomic mass is 9.86. The number of fused-ring (bicyclic) bond motifs is 2. The summed E-state index contributed by atoms with van der Waals surface area (Å²) in [5.74, 6) is -3.60. The number of aromatic nitrogens is 4. The number of benzene rings is 2. The van der Waals surface area contributed by atoms with Crippen LogP contribution in [0.15, 0.2) is 48.5 Å². The highest BCUT2D eigenvalue weighted by atomic mass is 16.4. The zero-order chi connectivity index (χ0) is 21.6. The number of H-pyrrole nitrogens is 2. The van der Waals surface area contributed by atoms with Crippen LogP contribution < -0.4 is 0 Å². The number of carbonyl (C=O) groups is 2. The minimum absolute atomic E-state index is 0.215. The molecule has 152 valence electrons. The van der Waals surface area contributed by atoms with Crippen LogP contribution in [0, 0.1) is 0 Å². The van der Waals surface area contributed by atoms with Gasteiger partial charge in [-0.3, -0.25) is 0 Å². The Morgan fingerprint density at radius 1 is 0.724 bits per heavy atom. The van der Waals surface area contributed by atoms with Crippen molar-refractivity contribution in [3.63, 3.8) is 0 Å². The van der Waals surface area contributed by atoms with Gasteiger partial charge in [0.1, 0.15) is 11.6 Å². The smallest absolute Gasteiger partial charge is 0.336 e. The summed E-state index contributed by atoms with van der Waals surface area (Å²) < 4.78 is 0. The van der Waals surface area contributed by atoms with Gasteiger partial charge in [-0.25, -0.2) is 19.6 Å². The first-order valence-electron chi connectivity index (χ1n) is 9.40. The molecule has 2 aromatic carbocycles. The van der Waals surface area contributed by atoms with Crippen molar-refractivity contribution < 1.29 is 19.8 Å². The number of para-hydroxylation sites is 4. The average Bonchev–Trinajstić information content (AvgIpc) is 3.35. The Hall–Kier alpha value is -3.68. The molecule has 0 spiro atoms. The highest BCUT2D eigenvalue weighted by Crippen LogP contribution is 2.32. The van der Waals surface area contributed by atoms with E-state index in [1.807, 2.05) is 27.7 Å². The zero-order valence-electron chi connectivity index (χ0n) is 16.7. The quantitative estimate of drug-likeness (QED) is 0.386. The molecule has 0 atom stereocenters. The molecule has 0 aliphatic carbocycles. The zero-order valence-corrected chi connectivity index (χ0v) is 16.7. The van der Waals surface area contributed by atoms with E-state index in [9.17, 15) is 19.8 Å². The van der Waals surface area contributed by atoms with Crippen molar-refractivity contribution in [2.75, 3.05) is 0 Å². The third kappa shape index (κ3) is 3.56. The Labute approximate surface area is 167 Å². The van der Waals surface area contributed by atoms with E-state index in [-0.39, 0.29) is 11.6 Å². The third-order valence-electron chi connectivity index (χ3n) is 4.13. The average molecular weight is 396 g/mol. The maximum absolute atomic E-state index is 12.1. The molecular formula is C21H24N4O4. The SMILES string of the molecule is CC.CC.O=C(O)C(C(=O)O)(c1nc2ccccc2[nH]1)c1nc2ccccc2[nH]1. The molecule has 0 saturated carbocycles. The van der Waals surface area contributed by atoms with Gasteiger partial charge < -0.3 is 20.2 Å². The van der Waals surface area contributed by atoms with Crippen molar-refractivity contribution >= 4 is 34.0 Å². The summed E-state index contributed by atoms with van der Waals surface area (Å²) in [7, 11) is 0. The van der Waals surface area contributed by atoms with Crippen LogP contribution in [-0.2, 0) is 15.0 Å². The van der Waals surface area contributed by atoms with Gasteiger partial charge in [-0.05, 0) is 24.3 Å². The second kappa shape index (κ2) is 9.01.